The predicted octanol–water partition coefficient (Wildman–Crippen LogP) is 3.94. The highest BCUT2D eigenvalue weighted by Crippen LogP contribution is 2.34. The number of benzodiazepines with no additional fused rings is 1. The van der Waals surface area contributed by atoms with Gasteiger partial charge in [0, 0.05) is 18.2 Å². The Balaban J connectivity index is 1.70. The first-order chi connectivity index (χ1) is 16.4. The van der Waals surface area contributed by atoms with Gasteiger partial charge in [-0.15, -0.1) is 4.48 Å². The zero-order valence-corrected chi connectivity index (χ0v) is 20.0. The van der Waals surface area contributed by atoms with Crippen molar-refractivity contribution in [3.63, 3.8) is 0 Å². The van der Waals surface area contributed by atoms with E-state index in [1.807, 2.05) is 48.5 Å². The van der Waals surface area contributed by atoms with E-state index >= 15 is 0 Å². The molecule has 0 bridgehead atoms. The lowest BCUT2D eigenvalue weighted by Crippen LogP contribution is -2.67. The molecule has 4 rings (SSSR count). The van der Waals surface area contributed by atoms with Crippen molar-refractivity contribution < 1.29 is 14.4 Å². The Morgan fingerprint density at radius 3 is 2.41 bits per heavy atom. The maximum Gasteiger partial charge on any atom is 0.429 e. The summed E-state index contributed by atoms with van der Waals surface area (Å²) in [6, 6.07) is 16.6. The summed E-state index contributed by atoms with van der Waals surface area (Å²) in [4.78, 5) is 45.2. The molecule has 0 saturated heterocycles. The van der Waals surface area contributed by atoms with Crippen LogP contribution in [0, 0.1) is 0 Å². The number of carbonyl (C=O) groups is 3. The third-order valence-electron chi connectivity index (χ3n) is 7.02. The first-order valence-electron chi connectivity index (χ1n) is 12.1. The van der Waals surface area contributed by atoms with Crippen LogP contribution in [0.2, 0.25) is 0 Å². The standard InChI is InChI=1S/C27H32N4O3/c1-3-4-18-28-25(33)27(16-10-11-17-27)30-26(34)31(2)22-15-9-8-14-21(22)24(29-19-23(31)32)20-12-6-5-7-13-20/h5-9,12-15H,3-4,10-11,16-19H2,1-2H3,(H-,28,30,33,34)/p+1/t31-/m1/s1. The van der Waals surface area contributed by atoms with Crippen molar-refractivity contribution in [1.82, 2.24) is 15.1 Å². The molecule has 2 N–H and O–H groups in total. The van der Waals surface area contributed by atoms with E-state index in [4.69, 9.17) is 0 Å². The van der Waals surface area contributed by atoms with E-state index in [1.54, 1.807) is 13.1 Å². The highest BCUT2D eigenvalue weighted by atomic mass is 16.2. The zero-order chi connectivity index (χ0) is 24.2. The molecule has 1 heterocycles. The molecule has 2 aliphatic rings. The van der Waals surface area contributed by atoms with Crippen LogP contribution in [0.15, 0.2) is 59.6 Å². The summed E-state index contributed by atoms with van der Waals surface area (Å²) in [5, 5.41) is 6.02. The molecule has 1 atom stereocenters. The molecule has 178 valence electrons. The van der Waals surface area contributed by atoms with Crippen LogP contribution < -0.4 is 15.1 Å². The third-order valence-corrected chi connectivity index (χ3v) is 7.02. The molecular formula is C27H33N4O3+. The van der Waals surface area contributed by atoms with E-state index in [0.29, 0.717) is 30.8 Å². The molecule has 1 fully saturated rings. The molecule has 34 heavy (non-hydrogen) atoms. The number of hydrogen-bond acceptors (Lipinski definition) is 4. The van der Waals surface area contributed by atoms with Gasteiger partial charge in [-0.25, -0.2) is 9.59 Å². The number of amides is 4. The van der Waals surface area contributed by atoms with Crippen LogP contribution in [0.5, 0.6) is 0 Å². The fraction of sp³-hybridized carbons (Fsp3) is 0.407. The van der Waals surface area contributed by atoms with Crippen LogP contribution in [0.25, 0.3) is 0 Å². The first-order valence-corrected chi connectivity index (χ1v) is 12.1. The maximum atomic E-state index is 13.9. The minimum atomic E-state index is -0.989. The largest absolute Gasteiger partial charge is 0.429 e. The number of rotatable bonds is 6. The monoisotopic (exact) mass is 461 g/mol. The first kappa shape index (κ1) is 23.8. The number of aliphatic imine (C=N–C) groups is 1. The van der Waals surface area contributed by atoms with Crippen molar-refractivity contribution in [2.24, 2.45) is 4.99 Å². The Morgan fingerprint density at radius 1 is 1.03 bits per heavy atom. The summed E-state index contributed by atoms with van der Waals surface area (Å²) in [5.74, 6) is -0.495. The predicted molar refractivity (Wildman–Crippen MR) is 134 cm³/mol. The van der Waals surface area contributed by atoms with E-state index in [0.717, 1.165) is 36.8 Å². The topological polar surface area (TPSA) is 87.6 Å². The Morgan fingerprint density at radius 2 is 1.71 bits per heavy atom. The Bertz CT molecular complexity index is 1110. The highest BCUT2D eigenvalue weighted by Gasteiger charge is 2.51. The number of nitrogens with one attached hydrogen (secondary N) is 2. The summed E-state index contributed by atoms with van der Waals surface area (Å²) >= 11 is 0. The number of imide groups is 1. The second-order valence-electron chi connectivity index (χ2n) is 9.28. The van der Waals surface area contributed by atoms with Gasteiger partial charge in [0.15, 0.2) is 12.2 Å². The molecule has 2 aromatic rings. The lowest BCUT2D eigenvalue weighted by Gasteiger charge is -2.34. The lowest BCUT2D eigenvalue weighted by molar-refractivity contribution is -0.128. The van der Waals surface area contributed by atoms with Crippen LogP contribution >= 0.6 is 0 Å². The summed E-state index contributed by atoms with van der Waals surface area (Å²) in [5.41, 5.74) is 1.89. The summed E-state index contributed by atoms with van der Waals surface area (Å²) in [6.07, 6.45) is 4.71. The van der Waals surface area contributed by atoms with Crippen molar-refractivity contribution in [2.45, 2.75) is 51.0 Å². The average Bonchev–Trinajstić information content (AvgIpc) is 3.30. The number of nitrogens with zero attached hydrogens (tertiary/aromatic N) is 2. The van der Waals surface area contributed by atoms with Crippen molar-refractivity contribution in [2.75, 3.05) is 20.1 Å². The number of unbranched alkanes of at least 4 members (excludes halogenated alkanes) is 1. The van der Waals surface area contributed by atoms with Gasteiger partial charge in [0.25, 0.3) is 0 Å². The molecule has 7 nitrogen and oxygen atoms in total. The van der Waals surface area contributed by atoms with Gasteiger partial charge in [0.05, 0.1) is 18.3 Å². The number of urea groups is 1. The van der Waals surface area contributed by atoms with E-state index in [2.05, 4.69) is 22.5 Å². The van der Waals surface area contributed by atoms with Crippen LogP contribution in [-0.2, 0) is 9.59 Å². The number of quaternary nitrogens is 1. The number of hydrogen-bond donors (Lipinski definition) is 2. The lowest BCUT2D eigenvalue weighted by atomic mass is 9.96. The van der Waals surface area contributed by atoms with Crippen molar-refractivity contribution in [1.29, 1.82) is 0 Å². The Kier molecular flexibility index (Phi) is 6.93. The average molecular weight is 462 g/mol. The van der Waals surface area contributed by atoms with Crippen molar-refractivity contribution in [3.05, 3.63) is 65.7 Å². The molecule has 1 aliphatic carbocycles. The molecule has 0 spiro atoms. The quantitative estimate of drug-likeness (QED) is 0.505. The molecule has 2 aromatic carbocycles. The summed E-state index contributed by atoms with van der Waals surface area (Å²) in [7, 11) is 1.61. The van der Waals surface area contributed by atoms with Gasteiger partial charge in [-0.1, -0.05) is 68.7 Å². The second kappa shape index (κ2) is 9.89. The molecule has 1 saturated carbocycles. The normalized spacial score (nSPS) is 21.2. The van der Waals surface area contributed by atoms with Crippen LogP contribution in [-0.4, -0.2) is 49.2 Å². The minimum Gasteiger partial charge on any atom is -0.354 e. The van der Waals surface area contributed by atoms with Crippen LogP contribution in [0.4, 0.5) is 10.5 Å². The SMILES string of the molecule is CCCCNC(=O)C1(NC(=O)[N@@+]2(C)C(=O)CN=C(c3ccccc3)c3ccccc32)CCCC1. The number of para-hydroxylation sites is 1. The van der Waals surface area contributed by atoms with Gasteiger partial charge < -0.3 is 5.32 Å². The van der Waals surface area contributed by atoms with E-state index in [1.165, 1.54) is 0 Å². The zero-order valence-electron chi connectivity index (χ0n) is 20.0. The molecule has 1 aliphatic heterocycles. The number of likely N-dealkylation sites (N-methyl/N-ethyl adjacent to an activating group) is 1. The third kappa shape index (κ3) is 4.28. The number of benzene rings is 2. The second-order valence-corrected chi connectivity index (χ2v) is 9.28. The van der Waals surface area contributed by atoms with Gasteiger partial charge in [-0.05, 0) is 25.3 Å². The van der Waals surface area contributed by atoms with Crippen molar-refractivity contribution in [3.8, 4) is 0 Å². The summed E-state index contributed by atoms with van der Waals surface area (Å²) in [6.45, 7) is 2.52. The van der Waals surface area contributed by atoms with Crippen molar-refractivity contribution >= 4 is 29.2 Å². The Labute approximate surface area is 200 Å². The molecule has 0 unspecified atom stereocenters. The van der Waals surface area contributed by atoms with E-state index in [-0.39, 0.29) is 18.4 Å². The van der Waals surface area contributed by atoms with Gasteiger partial charge in [0.1, 0.15) is 5.54 Å². The van der Waals surface area contributed by atoms with E-state index < -0.39 is 16.1 Å². The molecular weight excluding hydrogens is 428 g/mol. The number of carbonyl (C=O) groups excluding carboxylic acids is 3. The van der Waals surface area contributed by atoms with Crippen LogP contribution in [0.1, 0.15) is 56.6 Å². The molecule has 4 amide bonds. The fourth-order valence-corrected chi connectivity index (χ4v) is 4.89. The number of fused-ring (bicyclic) bond motifs is 1. The molecule has 0 radical (unpaired) electrons. The molecule has 0 aromatic heterocycles. The highest BCUT2D eigenvalue weighted by molar-refractivity contribution is 6.22. The van der Waals surface area contributed by atoms with Gasteiger partial charge in [0.2, 0.25) is 5.91 Å². The van der Waals surface area contributed by atoms with Gasteiger partial charge >= 0.3 is 11.9 Å². The van der Waals surface area contributed by atoms with Gasteiger partial charge in [-0.2, -0.15) is 0 Å². The van der Waals surface area contributed by atoms with E-state index in [9.17, 15) is 14.4 Å². The molecule has 7 heteroatoms. The van der Waals surface area contributed by atoms with Gasteiger partial charge in [-0.3, -0.25) is 15.1 Å². The minimum absolute atomic E-state index is 0.126. The smallest absolute Gasteiger partial charge is 0.354 e. The summed E-state index contributed by atoms with van der Waals surface area (Å²) < 4.78 is -0.583. The fourth-order valence-electron chi connectivity index (χ4n) is 4.89. The maximum absolute atomic E-state index is 13.9. The van der Waals surface area contributed by atoms with Crippen LogP contribution in [0.3, 0.4) is 0 Å². The Hall–Kier alpha value is -3.32.